The molecule has 0 spiro atoms. The molecule has 132 valence electrons. The summed E-state index contributed by atoms with van der Waals surface area (Å²) in [4.78, 5) is 35.6. The molecule has 0 unspecified atom stereocenters. The molecule has 0 bridgehead atoms. The molecule has 1 aromatic carbocycles. The molecule has 0 aromatic heterocycles. The van der Waals surface area contributed by atoms with Crippen molar-refractivity contribution in [2.75, 3.05) is 13.1 Å². The molecule has 0 saturated heterocycles. The molecule has 0 aliphatic carbocycles. The average molecular weight is 346 g/mol. The molecule has 24 heavy (non-hydrogen) atoms. The number of carboxylic acids is 1. The number of hydrogen-bond acceptors (Lipinski definition) is 3. The van der Waals surface area contributed by atoms with Gasteiger partial charge in [-0.2, -0.15) is 13.2 Å². The third-order valence-corrected chi connectivity index (χ3v) is 3.13. The quantitative estimate of drug-likeness (QED) is 0.822. The first kappa shape index (κ1) is 19.5. The Morgan fingerprint density at radius 1 is 1.21 bits per heavy atom. The lowest BCUT2D eigenvalue weighted by Gasteiger charge is -2.25. The van der Waals surface area contributed by atoms with Crippen molar-refractivity contribution in [3.63, 3.8) is 0 Å². The van der Waals surface area contributed by atoms with Crippen LogP contribution in [0.3, 0.4) is 0 Å². The van der Waals surface area contributed by atoms with E-state index in [0.29, 0.717) is 0 Å². The lowest BCUT2D eigenvalue weighted by molar-refractivity contribution is -0.145. The summed E-state index contributed by atoms with van der Waals surface area (Å²) in [7, 11) is 0. The average Bonchev–Trinajstić information content (AvgIpc) is 2.48. The van der Waals surface area contributed by atoms with Gasteiger partial charge in [-0.25, -0.2) is 0 Å². The molecule has 0 aliphatic heterocycles. The number of nitrogens with zero attached hydrogens (tertiary/aromatic N) is 1. The van der Waals surface area contributed by atoms with Gasteiger partial charge in [0.1, 0.15) is 6.54 Å². The van der Waals surface area contributed by atoms with E-state index in [1.54, 1.807) is 13.8 Å². The van der Waals surface area contributed by atoms with Gasteiger partial charge < -0.3 is 15.3 Å². The van der Waals surface area contributed by atoms with Crippen molar-refractivity contribution in [2.45, 2.75) is 26.1 Å². The highest BCUT2D eigenvalue weighted by atomic mass is 19.4. The standard InChI is InChI=1S/C15H17F3N2O4/c1-9(2)20(8-13(22)23)12(21)7-19-14(24)10-5-3-4-6-11(10)15(16,17)18/h3-6,9H,7-8H2,1-2H3,(H,19,24)(H,22,23). The number of hydrogen-bond donors (Lipinski definition) is 2. The van der Waals surface area contributed by atoms with Crippen LogP contribution in [-0.4, -0.2) is 46.9 Å². The number of rotatable bonds is 6. The fourth-order valence-electron chi connectivity index (χ4n) is 1.99. The Hall–Kier alpha value is -2.58. The highest BCUT2D eigenvalue weighted by Crippen LogP contribution is 2.31. The van der Waals surface area contributed by atoms with E-state index in [1.165, 1.54) is 6.07 Å². The van der Waals surface area contributed by atoms with Crippen LogP contribution < -0.4 is 5.32 Å². The van der Waals surface area contributed by atoms with Crippen molar-refractivity contribution in [1.29, 1.82) is 0 Å². The second-order valence-electron chi connectivity index (χ2n) is 5.24. The van der Waals surface area contributed by atoms with E-state index in [1.807, 2.05) is 0 Å². The molecular formula is C15H17F3N2O4. The number of benzene rings is 1. The van der Waals surface area contributed by atoms with Crippen LogP contribution in [0.2, 0.25) is 0 Å². The maximum absolute atomic E-state index is 12.9. The molecule has 0 fully saturated rings. The predicted octanol–water partition coefficient (Wildman–Crippen LogP) is 1.76. The van der Waals surface area contributed by atoms with Gasteiger partial charge in [0.2, 0.25) is 5.91 Å². The van der Waals surface area contributed by atoms with Gasteiger partial charge in [0.25, 0.3) is 5.91 Å². The minimum absolute atomic E-state index is 0.437. The van der Waals surface area contributed by atoms with Gasteiger partial charge in [0.05, 0.1) is 17.7 Å². The number of carbonyl (C=O) groups excluding carboxylic acids is 2. The zero-order chi connectivity index (χ0) is 18.5. The Balaban J connectivity index is 2.83. The summed E-state index contributed by atoms with van der Waals surface area (Å²) in [5.41, 5.74) is -1.71. The Kier molecular flexibility index (Phi) is 6.33. The van der Waals surface area contributed by atoms with Crippen molar-refractivity contribution in [3.8, 4) is 0 Å². The first-order valence-corrected chi connectivity index (χ1v) is 6.99. The van der Waals surface area contributed by atoms with Gasteiger partial charge >= 0.3 is 12.1 Å². The zero-order valence-corrected chi connectivity index (χ0v) is 13.1. The molecule has 1 rings (SSSR count). The molecule has 0 saturated carbocycles. The molecule has 9 heteroatoms. The van der Waals surface area contributed by atoms with Crippen LogP contribution in [0.4, 0.5) is 13.2 Å². The summed E-state index contributed by atoms with van der Waals surface area (Å²) in [6, 6.07) is 3.75. The lowest BCUT2D eigenvalue weighted by Crippen LogP contribution is -2.46. The molecule has 6 nitrogen and oxygen atoms in total. The van der Waals surface area contributed by atoms with Crippen LogP contribution in [0.25, 0.3) is 0 Å². The van der Waals surface area contributed by atoms with Gasteiger partial charge in [-0.15, -0.1) is 0 Å². The molecule has 0 radical (unpaired) electrons. The SMILES string of the molecule is CC(C)N(CC(=O)O)C(=O)CNC(=O)c1ccccc1C(F)(F)F. The van der Waals surface area contributed by atoms with Gasteiger partial charge in [0.15, 0.2) is 0 Å². The summed E-state index contributed by atoms with van der Waals surface area (Å²) in [5, 5.41) is 10.9. The number of aliphatic carboxylic acids is 1. The van der Waals surface area contributed by atoms with Gasteiger partial charge in [0, 0.05) is 6.04 Å². The Bertz CT molecular complexity index is 629. The number of nitrogens with one attached hydrogen (secondary N) is 1. The van der Waals surface area contributed by atoms with E-state index in [0.717, 1.165) is 23.1 Å². The summed E-state index contributed by atoms with van der Waals surface area (Å²) in [5.74, 6) is -2.99. The van der Waals surface area contributed by atoms with Crippen LogP contribution in [0, 0.1) is 0 Å². The van der Waals surface area contributed by atoms with Crippen LogP contribution in [0.5, 0.6) is 0 Å². The normalized spacial score (nSPS) is 11.2. The highest BCUT2D eigenvalue weighted by molar-refractivity contribution is 5.98. The summed E-state index contributed by atoms with van der Waals surface area (Å²) in [6.07, 6.45) is -4.70. The Morgan fingerprint density at radius 3 is 2.29 bits per heavy atom. The maximum Gasteiger partial charge on any atom is 0.417 e. The number of alkyl halides is 3. The predicted molar refractivity (Wildman–Crippen MR) is 78.3 cm³/mol. The molecule has 0 heterocycles. The first-order valence-electron chi connectivity index (χ1n) is 6.99. The smallest absolute Gasteiger partial charge is 0.417 e. The second kappa shape index (κ2) is 7.80. The van der Waals surface area contributed by atoms with Crippen molar-refractivity contribution in [2.24, 2.45) is 0 Å². The fraction of sp³-hybridized carbons (Fsp3) is 0.400. The summed E-state index contributed by atoms with van der Waals surface area (Å²) >= 11 is 0. The van der Waals surface area contributed by atoms with E-state index in [2.05, 4.69) is 5.32 Å². The fourth-order valence-corrected chi connectivity index (χ4v) is 1.99. The molecule has 0 atom stereocenters. The lowest BCUT2D eigenvalue weighted by atomic mass is 10.1. The van der Waals surface area contributed by atoms with Crippen LogP contribution >= 0.6 is 0 Å². The number of halogens is 3. The Morgan fingerprint density at radius 2 is 1.79 bits per heavy atom. The molecule has 0 aliphatic rings. The van der Waals surface area contributed by atoms with E-state index >= 15 is 0 Å². The van der Waals surface area contributed by atoms with E-state index in [9.17, 15) is 27.6 Å². The van der Waals surface area contributed by atoms with Crippen molar-refractivity contribution in [1.82, 2.24) is 10.2 Å². The molecular weight excluding hydrogens is 329 g/mol. The molecule has 2 N–H and O–H groups in total. The molecule has 1 aromatic rings. The summed E-state index contributed by atoms with van der Waals surface area (Å²) < 4.78 is 38.6. The van der Waals surface area contributed by atoms with Crippen molar-refractivity contribution >= 4 is 17.8 Å². The zero-order valence-electron chi connectivity index (χ0n) is 13.1. The minimum Gasteiger partial charge on any atom is -0.480 e. The van der Waals surface area contributed by atoms with E-state index in [-0.39, 0.29) is 0 Å². The van der Waals surface area contributed by atoms with Crippen LogP contribution in [0.1, 0.15) is 29.8 Å². The maximum atomic E-state index is 12.9. The summed E-state index contributed by atoms with van der Waals surface area (Å²) in [6.45, 7) is 2.01. The van der Waals surface area contributed by atoms with Crippen molar-refractivity contribution in [3.05, 3.63) is 35.4 Å². The van der Waals surface area contributed by atoms with Gasteiger partial charge in [-0.1, -0.05) is 12.1 Å². The Labute approximate surface area is 136 Å². The van der Waals surface area contributed by atoms with E-state index in [4.69, 9.17) is 5.11 Å². The van der Waals surface area contributed by atoms with Crippen LogP contribution in [0.15, 0.2) is 24.3 Å². The third kappa shape index (κ3) is 5.25. The van der Waals surface area contributed by atoms with Gasteiger partial charge in [-0.05, 0) is 26.0 Å². The minimum atomic E-state index is -4.70. The third-order valence-electron chi connectivity index (χ3n) is 3.13. The number of carbonyl (C=O) groups is 3. The number of amides is 2. The first-order chi connectivity index (χ1) is 11.0. The van der Waals surface area contributed by atoms with E-state index < -0.39 is 54.2 Å². The highest BCUT2D eigenvalue weighted by Gasteiger charge is 2.35. The largest absolute Gasteiger partial charge is 0.480 e. The topological polar surface area (TPSA) is 86.7 Å². The monoisotopic (exact) mass is 346 g/mol. The second-order valence-corrected chi connectivity index (χ2v) is 5.24. The van der Waals surface area contributed by atoms with Crippen molar-refractivity contribution < 1.29 is 32.7 Å². The van der Waals surface area contributed by atoms with Gasteiger partial charge in [-0.3, -0.25) is 14.4 Å². The molecule has 2 amide bonds. The van der Waals surface area contributed by atoms with Crippen LogP contribution in [-0.2, 0) is 15.8 Å². The number of carboxylic acid groups (broad SMARTS) is 1.